The zero-order valence-corrected chi connectivity index (χ0v) is 18.9. The van der Waals surface area contributed by atoms with Crippen molar-refractivity contribution in [2.24, 2.45) is 0 Å². The van der Waals surface area contributed by atoms with Crippen molar-refractivity contribution in [1.29, 1.82) is 0 Å². The summed E-state index contributed by atoms with van der Waals surface area (Å²) in [7, 11) is 0. The summed E-state index contributed by atoms with van der Waals surface area (Å²) in [4.78, 5) is 24.8. The SMILES string of the molecule is Cc1ccc([N+](=O)[O-])c(Oc2nc(CN3CCOCC3)nc3scc(-c4cccs4)c23)c1. The van der Waals surface area contributed by atoms with Crippen LogP contribution in [0.2, 0.25) is 0 Å². The Hall–Kier alpha value is -2.92. The number of thiophene rings is 2. The third kappa shape index (κ3) is 4.22. The van der Waals surface area contributed by atoms with E-state index in [0.29, 0.717) is 31.5 Å². The Bertz CT molecular complexity index is 1270. The highest BCUT2D eigenvalue weighted by atomic mass is 32.1. The molecule has 8 nitrogen and oxygen atoms in total. The van der Waals surface area contributed by atoms with E-state index >= 15 is 0 Å². The van der Waals surface area contributed by atoms with Crippen LogP contribution in [0.4, 0.5) is 5.69 Å². The van der Waals surface area contributed by atoms with Crippen LogP contribution in [-0.2, 0) is 11.3 Å². The van der Waals surface area contributed by atoms with Crippen LogP contribution < -0.4 is 4.74 Å². The van der Waals surface area contributed by atoms with Crippen LogP contribution >= 0.6 is 22.7 Å². The van der Waals surface area contributed by atoms with Crippen LogP contribution in [0.3, 0.4) is 0 Å². The number of morpholine rings is 1. The van der Waals surface area contributed by atoms with Crippen molar-refractivity contribution in [3.8, 4) is 22.1 Å². The molecule has 0 spiro atoms. The molecule has 1 aliphatic heterocycles. The molecule has 0 bridgehead atoms. The van der Waals surface area contributed by atoms with Gasteiger partial charge < -0.3 is 9.47 Å². The fourth-order valence-electron chi connectivity index (χ4n) is 3.63. The second kappa shape index (κ2) is 8.91. The number of hydrogen-bond donors (Lipinski definition) is 0. The van der Waals surface area contributed by atoms with Gasteiger partial charge in [-0.05, 0) is 30.0 Å². The minimum absolute atomic E-state index is 0.0926. The minimum atomic E-state index is -0.435. The highest BCUT2D eigenvalue weighted by Gasteiger charge is 2.23. The minimum Gasteiger partial charge on any atom is -0.431 e. The fraction of sp³-hybridized carbons (Fsp3) is 0.273. The van der Waals surface area contributed by atoms with E-state index in [1.54, 1.807) is 23.5 Å². The fourth-order valence-corrected chi connectivity index (χ4v) is 5.40. The maximum atomic E-state index is 11.6. The first-order chi connectivity index (χ1) is 15.6. The first-order valence-corrected chi connectivity index (χ1v) is 11.9. The predicted molar refractivity (Wildman–Crippen MR) is 125 cm³/mol. The Labute approximate surface area is 192 Å². The molecule has 0 radical (unpaired) electrons. The van der Waals surface area contributed by atoms with E-state index in [0.717, 1.165) is 39.3 Å². The summed E-state index contributed by atoms with van der Waals surface area (Å²) in [5.74, 6) is 1.15. The van der Waals surface area contributed by atoms with Crippen molar-refractivity contribution < 1.29 is 14.4 Å². The maximum Gasteiger partial charge on any atom is 0.311 e. The smallest absolute Gasteiger partial charge is 0.311 e. The van der Waals surface area contributed by atoms with Gasteiger partial charge in [-0.1, -0.05) is 12.1 Å². The summed E-state index contributed by atoms with van der Waals surface area (Å²) in [6.45, 7) is 5.43. The first kappa shape index (κ1) is 21.0. The molecule has 0 unspecified atom stereocenters. The zero-order chi connectivity index (χ0) is 22.1. The van der Waals surface area contributed by atoms with Gasteiger partial charge in [-0.25, -0.2) is 4.98 Å². The number of rotatable bonds is 6. The van der Waals surface area contributed by atoms with E-state index < -0.39 is 4.92 Å². The second-order valence-electron chi connectivity index (χ2n) is 7.47. The van der Waals surface area contributed by atoms with Gasteiger partial charge in [-0.15, -0.1) is 22.7 Å². The Kier molecular flexibility index (Phi) is 5.83. The van der Waals surface area contributed by atoms with Gasteiger partial charge in [0.2, 0.25) is 11.6 Å². The molecule has 0 aliphatic carbocycles. The van der Waals surface area contributed by atoms with Gasteiger partial charge in [0, 0.05) is 35.0 Å². The Morgan fingerprint density at radius 3 is 2.81 bits per heavy atom. The number of aromatic nitrogens is 2. The van der Waals surface area contributed by atoms with Crippen molar-refractivity contribution in [1.82, 2.24) is 14.9 Å². The van der Waals surface area contributed by atoms with Gasteiger partial charge in [0.15, 0.2) is 0 Å². The lowest BCUT2D eigenvalue weighted by molar-refractivity contribution is -0.385. The number of fused-ring (bicyclic) bond motifs is 1. The van der Waals surface area contributed by atoms with E-state index in [1.165, 1.54) is 17.4 Å². The molecule has 10 heteroatoms. The standard InChI is InChI=1S/C22H20N4O4S2/c1-14-4-5-16(26(27)28)17(11-14)30-21-20-15(18-3-2-10-31-18)13-32-22(20)24-19(23-21)12-25-6-8-29-9-7-25/h2-5,10-11,13H,6-9,12H2,1H3. The van der Waals surface area contributed by atoms with Gasteiger partial charge in [0.1, 0.15) is 10.7 Å². The number of nitro benzene ring substituents is 1. The molecule has 0 amide bonds. The summed E-state index contributed by atoms with van der Waals surface area (Å²) in [5.41, 5.74) is 1.75. The van der Waals surface area contributed by atoms with Crippen LogP contribution in [-0.4, -0.2) is 46.1 Å². The van der Waals surface area contributed by atoms with Crippen LogP contribution in [0.1, 0.15) is 11.4 Å². The molecule has 5 rings (SSSR count). The highest BCUT2D eigenvalue weighted by Crippen LogP contribution is 2.42. The summed E-state index contributed by atoms with van der Waals surface area (Å²) in [6, 6.07) is 8.86. The summed E-state index contributed by atoms with van der Waals surface area (Å²) >= 11 is 3.14. The highest BCUT2D eigenvalue weighted by molar-refractivity contribution is 7.18. The topological polar surface area (TPSA) is 90.6 Å². The predicted octanol–water partition coefficient (Wildman–Crippen LogP) is 5.26. The molecule has 0 N–H and O–H groups in total. The largest absolute Gasteiger partial charge is 0.431 e. The van der Waals surface area contributed by atoms with Gasteiger partial charge >= 0.3 is 5.69 Å². The molecule has 0 atom stereocenters. The molecule has 32 heavy (non-hydrogen) atoms. The summed E-state index contributed by atoms with van der Waals surface area (Å²) in [6.07, 6.45) is 0. The summed E-state index contributed by atoms with van der Waals surface area (Å²) < 4.78 is 11.6. The van der Waals surface area contributed by atoms with E-state index in [-0.39, 0.29) is 11.4 Å². The van der Waals surface area contributed by atoms with Crippen molar-refractivity contribution in [3.05, 3.63) is 62.6 Å². The molecular formula is C22H20N4O4S2. The normalized spacial score (nSPS) is 14.7. The van der Waals surface area contributed by atoms with E-state index in [9.17, 15) is 10.1 Å². The molecule has 164 valence electrons. The van der Waals surface area contributed by atoms with Gasteiger partial charge in [0.05, 0.1) is 30.1 Å². The third-order valence-electron chi connectivity index (χ3n) is 5.22. The number of benzene rings is 1. The Balaban J connectivity index is 1.62. The monoisotopic (exact) mass is 468 g/mol. The van der Waals surface area contributed by atoms with Crippen molar-refractivity contribution in [3.63, 3.8) is 0 Å². The first-order valence-electron chi connectivity index (χ1n) is 10.1. The number of nitrogens with zero attached hydrogens (tertiary/aromatic N) is 4. The number of ether oxygens (including phenoxy) is 2. The Morgan fingerprint density at radius 2 is 2.06 bits per heavy atom. The zero-order valence-electron chi connectivity index (χ0n) is 17.3. The van der Waals surface area contributed by atoms with Gasteiger partial charge in [0.25, 0.3) is 0 Å². The van der Waals surface area contributed by atoms with Crippen molar-refractivity contribution in [2.45, 2.75) is 13.5 Å². The van der Waals surface area contributed by atoms with E-state index in [4.69, 9.17) is 19.4 Å². The second-order valence-corrected chi connectivity index (χ2v) is 9.28. The molecule has 4 aromatic rings. The molecule has 1 saturated heterocycles. The lowest BCUT2D eigenvalue weighted by atomic mass is 10.2. The lowest BCUT2D eigenvalue weighted by Crippen LogP contribution is -2.36. The molecule has 1 aromatic carbocycles. The number of nitro groups is 1. The van der Waals surface area contributed by atoms with Crippen LogP contribution in [0.25, 0.3) is 20.7 Å². The average molecular weight is 469 g/mol. The number of hydrogen-bond acceptors (Lipinski definition) is 9. The molecule has 4 heterocycles. The molecular weight excluding hydrogens is 448 g/mol. The van der Waals surface area contributed by atoms with Crippen molar-refractivity contribution in [2.75, 3.05) is 26.3 Å². The lowest BCUT2D eigenvalue weighted by Gasteiger charge is -2.25. The molecule has 1 aliphatic rings. The van der Waals surface area contributed by atoms with Crippen LogP contribution in [0.5, 0.6) is 11.6 Å². The quantitative estimate of drug-likeness (QED) is 0.281. The molecule has 0 saturated carbocycles. The van der Waals surface area contributed by atoms with Gasteiger partial charge in [-0.2, -0.15) is 4.98 Å². The third-order valence-corrected chi connectivity index (χ3v) is 7.00. The average Bonchev–Trinajstić information content (AvgIpc) is 3.44. The Morgan fingerprint density at radius 1 is 1.22 bits per heavy atom. The van der Waals surface area contributed by atoms with Crippen LogP contribution in [0.15, 0.2) is 41.1 Å². The van der Waals surface area contributed by atoms with Crippen molar-refractivity contribution >= 4 is 38.6 Å². The van der Waals surface area contributed by atoms with E-state index in [2.05, 4.69) is 4.90 Å². The molecule has 3 aromatic heterocycles. The summed E-state index contributed by atoms with van der Waals surface area (Å²) in [5, 5.41) is 16.4. The maximum absolute atomic E-state index is 11.6. The van der Waals surface area contributed by atoms with E-state index in [1.807, 2.05) is 29.8 Å². The van der Waals surface area contributed by atoms with Gasteiger partial charge in [-0.3, -0.25) is 15.0 Å². The number of aryl methyl sites for hydroxylation is 1. The van der Waals surface area contributed by atoms with Crippen LogP contribution in [0, 0.1) is 17.0 Å². The molecule has 1 fully saturated rings.